The molecule has 0 aliphatic heterocycles. The molecule has 0 amide bonds. The fourth-order valence-corrected chi connectivity index (χ4v) is 1.75. The third-order valence-corrected chi connectivity index (χ3v) is 2.91. The van der Waals surface area contributed by atoms with Gasteiger partial charge in [0.2, 0.25) is 0 Å². The molecule has 0 heteroatoms. The van der Waals surface area contributed by atoms with E-state index in [4.69, 9.17) is 0 Å². The lowest BCUT2D eigenvalue weighted by atomic mass is 10.1. The van der Waals surface area contributed by atoms with Crippen LogP contribution in [0.4, 0.5) is 0 Å². The molecule has 0 saturated heterocycles. The van der Waals surface area contributed by atoms with E-state index in [2.05, 4.69) is 49.7 Å². The van der Waals surface area contributed by atoms with Gasteiger partial charge in [0.25, 0.3) is 0 Å². The lowest BCUT2D eigenvalue weighted by molar-refractivity contribution is 1.42. The van der Waals surface area contributed by atoms with Crippen LogP contribution in [0.25, 0.3) is 0 Å². The molecule has 0 N–H and O–H groups in total. The van der Waals surface area contributed by atoms with Crippen molar-refractivity contribution in [2.24, 2.45) is 0 Å². The second-order valence-corrected chi connectivity index (χ2v) is 4.41. The van der Waals surface area contributed by atoms with Crippen molar-refractivity contribution in [3.63, 3.8) is 0 Å². The van der Waals surface area contributed by atoms with Gasteiger partial charge in [0, 0.05) is 11.1 Å². The smallest absolute Gasteiger partial charge is 0.0710 e. The maximum absolute atomic E-state index is 3.16. The molecule has 0 heterocycles. The van der Waals surface area contributed by atoms with E-state index in [1.165, 1.54) is 11.1 Å². The van der Waals surface area contributed by atoms with Crippen molar-refractivity contribution in [1.82, 2.24) is 0 Å². The molecule has 0 bridgehead atoms. The van der Waals surface area contributed by atoms with Gasteiger partial charge in [-0.3, -0.25) is 0 Å². The van der Waals surface area contributed by atoms with Gasteiger partial charge in [0.15, 0.2) is 0 Å². The fraction of sp³-hybridized carbons (Fsp3) is 0.158. The average molecular weight is 244 g/mol. The molecule has 0 aliphatic carbocycles. The Bertz CT molecular complexity index is 623. The van der Waals surface area contributed by atoms with Crippen LogP contribution in [0.15, 0.2) is 48.5 Å². The summed E-state index contributed by atoms with van der Waals surface area (Å²) < 4.78 is 0. The Morgan fingerprint density at radius 2 is 1.11 bits per heavy atom. The summed E-state index contributed by atoms with van der Waals surface area (Å²) in [5, 5.41) is 0. The first-order valence-electron chi connectivity index (χ1n) is 6.36. The second kappa shape index (κ2) is 6.48. The van der Waals surface area contributed by atoms with Crippen molar-refractivity contribution in [3.8, 4) is 23.7 Å². The predicted octanol–water partition coefficient (Wildman–Crippen LogP) is 4.10. The third kappa shape index (κ3) is 3.77. The molecular formula is C19H16. The first-order chi connectivity index (χ1) is 9.27. The minimum Gasteiger partial charge on any atom is -0.0848 e. The molecule has 0 atom stereocenters. The maximum atomic E-state index is 3.16. The quantitative estimate of drug-likeness (QED) is 0.612. The number of benzene rings is 2. The van der Waals surface area contributed by atoms with Crippen LogP contribution in [-0.2, 0) is 0 Å². The van der Waals surface area contributed by atoms with Gasteiger partial charge in [-0.2, -0.15) is 0 Å². The highest BCUT2D eigenvalue weighted by Gasteiger charge is 1.90. The van der Waals surface area contributed by atoms with Crippen molar-refractivity contribution in [2.75, 3.05) is 0 Å². The first kappa shape index (κ1) is 13.0. The first-order valence-corrected chi connectivity index (χ1v) is 6.36. The van der Waals surface area contributed by atoms with E-state index in [9.17, 15) is 0 Å². The van der Waals surface area contributed by atoms with Gasteiger partial charge in [-0.05, 0) is 37.1 Å². The van der Waals surface area contributed by atoms with Gasteiger partial charge in [0.05, 0.1) is 6.42 Å². The Hall–Kier alpha value is -2.44. The van der Waals surface area contributed by atoms with Crippen molar-refractivity contribution in [3.05, 3.63) is 70.8 Å². The Morgan fingerprint density at radius 1 is 0.684 bits per heavy atom. The summed E-state index contributed by atoms with van der Waals surface area (Å²) in [6, 6.07) is 16.3. The van der Waals surface area contributed by atoms with Crippen LogP contribution >= 0.6 is 0 Å². The molecule has 0 radical (unpaired) electrons. The molecule has 2 aromatic carbocycles. The van der Waals surface area contributed by atoms with Gasteiger partial charge >= 0.3 is 0 Å². The number of hydrogen-bond donors (Lipinski definition) is 0. The Balaban J connectivity index is 2.03. The van der Waals surface area contributed by atoms with Crippen molar-refractivity contribution in [1.29, 1.82) is 0 Å². The van der Waals surface area contributed by atoms with Crippen molar-refractivity contribution in [2.45, 2.75) is 20.3 Å². The zero-order chi connectivity index (χ0) is 13.5. The van der Waals surface area contributed by atoms with Crippen LogP contribution in [0.1, 0.15) is 28.7 Å². The SMILES string of the molecule is Cc1ccccc1C#CCC#Cc1ccccc1C. The van der Waals surface area contributed by atoms with Crippen LogP contribution in [0, 0.1) is 37.5 Å². The highest BCUT2D eigenvalue weighted by atomic mass is 13.9. The largest absolute Gasteiger partial charge is 0.0848 e. The van der Waals surface area contributed by atoms with E-state index >= 15 is 0 Å². The molecule has 0 unspecified atom stereocenters. The summed E-state index contributed by atoms with van der Waals surface area (Å²) in [6.45, 7) is 4.14. The zero-order valence-electron chi connectivity index (χ0n) is 11.3. The molecule has 92 valence electrons. The van der Waals surface area contributed by atoms with E-state index in [0.29, 0.717) is 6.42 Å². The second-order valence-electron chi connectivity index (χ2n) is 4.41. The minimum absolute atomic E-state index is 0.600. The normalized spacial score (nSPS) is 8.95. The van der Waals surface area contributed by atoms with Gasteiger partial charge in [-0.15, -0.1) is 0 Å². The number of hydrogen-bond acceptors (Lipinski definition) is 0. The summed E-state index contributed by atoms with van der Waals surface area (Å²) in [6.07, 6.45) is 0.600. The summed E-state index contributed by atoms with van der Waals surface area (Å²) in [5.41, 5.74) is 4.59. The predicted molar refractivity (Wildman–Crippen MR) is 80.7 cm³/mol. The van der Waals surface area contributed by atoms with E-state index in [-0.39, 0.29) is 0 Å². The molecule has 0 spiro atoms. The van der Waals surface area contributed by atoms with Gasteiger partial charge in [0.1, 0.15) is 0 Å². The van der Waals surface area contributed by atoms with Crippen LogP contribution in [0.5, 0.6) is 0 Å². The van der Waals surface area contributed by atoms with Gasteiger partial charge in [-0.1, -0.05) is 60.1 Å². The average Bonchev–Trinajstić information content (AvgIpc) is 2.42. The van der Waals surface area contributed by atoms with Crippen molar-refractivity contribution < 1.29 is 0 Å². The molecular weight excluding hydrogens is 228 g/mol. The van der Waals surface area contributed by atoms with Crippen LogP contribution in [0.3, 0.4) is 0 Å². The maximum Gasteiger partial charge on any atom is 0.0710 e. The molecule has 2 aromatic rings. The van der Waals surface area contributed by atoms with E-state index in [1.54, 1.807) is 0 Å². The summed E-state index contributed by atoms with van der Waals surface area (Å²) in [5.74, 6) is 12.5. The van der Waals surface area contributed by atoms with Crippen LogP contribution in [0.2, 0.25) is 0 Å². The molecule has 0 saturated carbocycles. The Kier molecular flexibility index (Phi) is 4.44. The number of rotatable bonds is 0. The highest BCUT2D eigenvalue weighted by molar-refractivity contribution is 5.43. The lowest BCUT2D eigenvalue weighted by Gasteiger charge is -1.94. The van der Waals surface area contributed by atoms with E-state index in [0.717, 1.165) is 11.1 Å². The molecule has 0 fully saturated rings. The minimum atomic E-state index is 0.600. The van der Waals surface area contributed by atoms with Crippen LogP contribution < -0.4 is 0 Å². The molecule has 0 aromatic heterocycles. The standard InChI is InChI=1S/C19H16/c1-16-10-6-8-14-18(16)12-4-3-5-13-19-15-9-7-11-17(19)2/h6-11,14-15H,3H2,1-2H3. The third-order valence-electron chi connectivity index (χ3n) is 2.91. The highest BCUT2D eigenvalue weighted by Crippen LogP contribution is 2.05. The summed E-state index contributed by atoms with van der Waals surface area (Å²) >= 11 is 0. The van der Waals surface area contributed by atoms with E-state index < -0.39 is 0 Å². The zero-order valence-corrected chi connectivity index (χ0v) is 11.3. The fourth-order valence-electron chi connectivity index (χ4n) is 1.75. The Labute approximate surface area is 115 Å². The van der Waals surface area contributed by atoms with Crippen LogP contribution in [-0.4, -0.2) is 0 Å². The lowest BCUT2D eigenvalue weighted by Crippen LogP contribution is -1.80. The monoisotopic (exact) mass is 244 g/mol. The summed E-state index contributed by atoms with van der Waals surface area (Å²) in [4.78, 5) is 0. The van der Waals surface area contributed by atoms with Gasteiger partial charge < -0.3 is 0 Å². The number of aryl methyl sites for hydroxylation is 2. The Morgan fingerprint density at radius 3 is 1.53 bits per heavy atom. The molecule has 0 nitrogen and oxygen atoms in total. The van der Waals surface area contributed by atoms with E-state index in [1.807, 2.05) is 36.4 Å². The summed E-state index contributed by atoms with van der Waals surface area (Å²) in [7, 11) is 0. The van der Waals surface area contributed by atoms with Gasteiger partial charge in [-0.25, -0.2) is 0 Å². The molecule has 0 aliphatic rings. The molecule has 2 rings (SSSR count). The molecule has 19 heavy (non-hydrogen) atoms. The topological polar surface area (TPSA) is 0 Å². The van der Waals surface area contributed by atoms with Crippen molar-refractivity contribution >= 4 is 0 Å².